The van der Waals surface area contributed by atoms with Crippen molar-refractivity contribution in [3.05, 3.63) is 29.8 Å². The Labute approximate surface area is 96.8 Å². The lowest BCUT2D eigenvalue weighted by Gasteiger charge is -2.16. The Morgan fingerprint density at radius 3 is 2.82 bits per heavy atom. The minimum absolute atomic E-state index is 0.0715. The molecule has 1 aliphatic heterocycles. The summed E-state index contributed by atoms with van der Waals surface area (Å²) in [6.07, 6.45) is -0.0157. The molecule has 1 atom stereocenters. The van der Waals surface area contributed by atoms with Crippen molar-refractivity contribution < 1.29 is 18.7 Å². The van der Waals surface area contributed by atoms with E-state index >= 15 is 0 Å². The fraction of sp³-hybridized carbons (Fsp3) is 0.364. The minimum atomic E-state index is -0.821. The molecule has 2 amide bonds. The van der Waals surface area contributed by atoms with Crippen molar-refractivity contribution in [1.82, 2.24) is 4.90 Å². The Kier molecular flexibility index (Phi) is 3.23. The van der Waals surface area contributed by atoms with Crippen molar-refractivity contribution in [2.45, 2.75) is 12.5 Å². The number of amides is 2. The van der Waals surface area contributed by atoms with Crippen LogP contribution in [0.15, 0.2) is 18.2 Å². The molecule has 0 aromatic heterocycles. The largest absolute Gasteiger partial charge is 0.391 e. The number of carbonyl (C=O) groups excluding carboxylic acids is 1. The molecule has 0 bridgehead atoms. The molecule has 2 rings (SSSR count). The molecule has 6 heteroatoms. The maximum Gasteiger partial charge on any atom is 0.322 e. The van der Waals surface area contributed by atoms with Gasteiger partial charge in [-0.15, -0.1) is 0 Å². The van der Waals surface area contributed by atoms with Gasteiger partial charge in [0.2, 0.25) is 0 Å². The molecule has 1 aromatic rings. The number of β-amino-alcohol motifs (C(OH)–C–C–N with tert-alkyl or cyclic N) is 1. The molecule has 1 fully saturated rings. The number of hydrogen-bond acceptors (Lipinski definition) is 2. The molecule has 0 saturated carbocycles. The van der Waals surface area contributed by atoms with E-state index in [0.29, 0.717) is 19.0 Å². The zero-order chi connectivity index (χ0) is 12.4. The summed E-state index contributed by atoms with van der Waals surface area (Å²) in [5.41, 5.74) is -0.0715. The summed E-state index contributed by atoms with van der Waals surface area (Å²) in [5.74, 6) is -1.52. The molecule has 1 saturated heterocycles. The van der Waals surface area contributed by atoms with Crippen LogP contribution >= 0.6 is 0 Å². The van der Waals surface area contributed by atoms with Crippen LogP contribution in [0.5, 0.6) is 0 Å². The lowest BCUT2D eigenvalue weighted by molar-refractivity contribution is 0.176. The predicted octanol–water partition coefficient (Wildman–Crippen LogP) is 1.56. The van der Waals surface area contributed by atoms with Crippen molar-refractivity contribution in [2.24, 2.45) is 0 Å². The summed E-state index contributed by atoms with van der Waals surface area (Å²) < 4.78 is 25.9. The van der Waals surface area contributed by atoms with Gasteiger partial charge in [0, 0.05) is 19.2 Å². The maximum atomic E-state index is 13.3. The first kappa shape index (κ1) is 11.8. The highest BCUT2D eigenvalue weighted by Gasteiger charge is 2.24. The number of hydrogen-bond donors (Lipinski definition) is 2. The van der Waals surface area contributed by atoms with Crippen molar-refractivity contribution in [3.8, 4) is 0 Å². The molecule has 2 N–H and O–H groups in total. The summed E-state index contributed by atoms with van der Waals surface area (Å²) in [4.78, 5) is 13.0. The Hall–Kier alpha value is -1.69. The van der Waals surface area contributed by atoms with Gasteiger partial charge in [0.25, 0.3) is 0 Å². The number of nitrogens with one attached hydrogen (secondary N) is 1. The zero-order valence-corrected chi connectivity index (χ0v) is 8.99. The third-order valence-corrected chi connectivity index (χ3v) is 2.62. The molecule has 1 unspecified atom stereocenters. The second-order valence-electron chi connectivity index (χ2n) is 3.94. The minimum Gasteiger partial charge on any atom is -0.391 e. The van der Waals surface area contributed by atoms with E-state index in [-0.39, 0.29) is 12.2 Å². The van der Waals surface area contributed by atoms with Crippen LogP contribution in [0.4, 0.5) is 19.3 Å². The molecule has 4 nitrogen and oxygen atoms in total. The fourth-order valence-electron chi connectivity index (χ4n) is 1.71. The first-order valence-electron chi connectivity index (χ1n) is 5.25. The van der Waals surface area contributed by atoms with Crippen LogP contribution in [0.2, 0.25) is 0 Å². The quantitative estimate of drug-likeness (QED) is 0.785. The lowest BCUT2D eigenvalue weighted by atomic mass is 10.3. The van der Waals surface area contributed by atoms with Gasteiger partial charge in [-0.25, -0.2) is 13.6 Å². The molecule has 0 aliphatic carbocycles. The highest BCUT2D eigenvalue weighted by Crippen LogP contribution is 2.17. The second-order valence-corrected chi connectivity index (χ2v) is 3.94. The lowest BCUT2D eigenvalue weighted by Crippen LogP contribution is -2.33. The highest BCUT2D eigenvalue weighted by molar-refractivity contribution is 5.89. The third kappa shape index (κ3) is 2.71. The van der Waals surface area contributed by atoms with Gasteiger partial charge in [0.05, 0.1) is 11.8 Å². The number of likely N-dealkylation sites (tertiary alicyclic amines) is 1. The molecule has 1 aromatic carbocycles. The number of urea groups is 1. The standard InChI is InChI=1S/C11H12F2N2O2/c12-7-1-2-10(9(13)5-7)14-11(17)15-4-3-8(16)6-15/h1-2,5,8,16H,3-4,6H2,(H,14,17). The molecule has 1 aliphatic rings. The van der Waals surface area contributed by atoms with Gasteiger partial charge < -0.3 is 15.3 Å². The van der Waals surface area contributed by atoms with E-state index in [9.17, 15) is 18.7 Å². The molecule has 0 radical (unpaired) electrons. The summed E-state index contributed by atoms with van der Waals surface area (Å²) >= 11 is 0. The van der Waals surface area contributed by atoms with E-state index in [1.807, 2.05) is 0 Å². The third-order valence-electron chi connectivity index (χ3n) is 2.62. The van der Waals surface area contributed by atoms with Gasteiger partial charge in [0.1, 0.15) is 11.6 Å². The van der Waals surface area contributed by atoms with Gasteiger partial charge in [-0.05, 0) is 18.6 Å². The van der Waals surface area contributed by atoms with Gasteiger partial charge in [0.15, 0.2) is 0 Å². The van der Waals surface area contributed by atoms with Crippen molar-refractivity contribution in [2.75, 3.05) is 18.4 Å². The number of benzene rings is 1. The van der Waals surface area contributed by atoms with E-state index in [1.165, 1.54) is 4.90 Å². The van der Waals surface area contributed by atoms with Crippen molar-refractivity contribution in [3.63, 3.8) is 0 Å². The van der Waals surface area contributed by atoms with Gasteiger partial charge in [-0.3, -0.25) is 0 Å². The summed E-state index contributed by atoms with van der Waals surface area (Å²) in [5, 5.41) is 11.6. The Morgan fingerprint density at radius 2 is 2.24 bits per heavy atom. The average Bonchev–Trinajstić information content (AvgIpc) is 2.69. The number of aliphatic hydroxyl groups is 1. The van der Waals surface area contributed by atoms with Crippen LogP contribution in [-0.4, -0.2) is 35.2 Å². The second kappa shape index (κ2) is 4.67. The number of halogens is 2. The number of carbonyl (C=O) groups is 1. The van der Waals surface area contributed by atoms with E-state index in [0.717, 1.165) is 12.1 Å². The molecule has 1 heterocycles. The van der Waals surface area contributed by atoms with Gasteiger partial charge in [-0.1, -0.05) is 0 Å². The maximum absolute atomic E-state index is 13.3. The number of nitrogens with zero attached hydrogens (tertiary/aromatic N) is 1. The molecule has 92 valence electrons. The first-order chi connectivity index (χ1) is 8.06. The molecule has 0 spiro atoms. The van der Waals surface area contributed by atoms with Crippen LogP contribution in [0.1, 0.15) is 6.42 Å². The number of anilines is 1. The van der Waals surface area contributed by atoms with Crippen molar-refractivity contribution >= 4 is 11.7 Å². The fourth-order valence-corrected chi connectivity index (χ4v) is 1.71. The number of rotatable bonds is 1. The van der Waals surface area contributed by atoms with Crippen LogP contribution in [0, 0.1) is 11.6 Å². The Balaban J connectivity index is 2.03. The number of aliphatic hydroxyl groups excluding tert-OH is 1. The normalized spacial score (nSPS) is 19.5. The van der Waals surface area contributed by atoms with E-state index in [2.05, 4.69) is 5.32 Å². The van der Waals surface area contributed by atoms with Gasteiger partial charge >= 0.3 is 6.03 Å². The Morgan fingerprint density at radius 1 is 1.47 bits per heavy atom. The van der Waals surface area contributed by atoms with Crippen molar-refractivity contribution in [1.29, 1.82) is 0 Å². The summed E-state index contributed by atoms with van der Waals surface area (Å²) in [7, 11) is 0. The molecular formula is C11H12F2N2O2. The van der Waals surface area contributed by atoms with E-state index < -0.39 is 23.8 Å². The average molecular weight is 242 g/mol. The Bertz CT molecular complexity index is 439. The molecule has 17 heavy (non-hydrogen) atoms. The van der Waals surface area contributed by atoms with E-state index in [4.69, 9.17) is 0 Å². The van der Waals surface area contributed by atoms with Crippen LogP contribution in [0.3, 0.4) is 0 Å². The summed E-state index contributed by atoms with van der Waals surface area (Å²) in [6.45, 7) is 0.657. The SMILES string of the molecule is O=C(Nc1ccc(F)cc1F)N1CCC(O)C1. The van der Waals surface area contributed by atoms with Crippen LogP contribution in [0.25, 0.3) is 0 Å². The predicted molar refractivity (Wildman–Crippen MR) is 57.6 cm³/mol. The summed E-state index contributed by atoms with van der Waals surface area (Å²) in [6, 6.07) is 2.44. The topological polar surface area (TPSA) is 52.6 Å². The molecular weight excluding hydrogens is 230 g/mol. The van der Waals surface area contributed by atoms with E-state index in [1.54, 1.807) is 0 Å². The van der Waals surface area contributed by atoms with Gasteiger partial charge in [-0.2, -0.15) is 0 Å². The zero-order valence-electron chi connectivity index (χ0n) is 8.99. The van der Waals surface area contributed by atoms with Crippen LogP contribution < -0.4 is 5.32 Å². The van der Waals surface area contributed by atoms with Crippen LogP contribution in [-0.2, 0) is 0 Å². The first-order valence-corrected chi connectivity index (χ1v) is 5.25. The smallest absolute Gasteiger partial charge is 0.322 e. The monoisotopic (exact) mass is 242 g/mol. The highest BCUT2D eigenvalue weighted by atomic mass is 19.1.